The van der Waals surface area contributed by atoms with Crippen molar-refractivity contribution < 1.29 is 0 Å². The fourth-order valence-electron chi connectivity index (χ4n) is 0.776. The molecule has 0 radical (unpaired) electrons. The van der Waals surface area contributed by atoms with Crippen molar-refractivity contribution in [1.29, 1.82) is 0 Å². The predicted octanol–water partition coefficient (Wildman–Crippen LogP) is 2.95. The van der Waals surface area contributed by atoms with Gasteiger partial charge in [-0.05, 0) is 12.0 Å². The van der Waals surface area contributed by atoms with E-state index in [1.165, 1.54) is 0 Å². The van der Waals surface area contributed by atoms with E-state index in [9.17, 15) is 0 Å². The Morgan fingerprint density at radius 1 is 1.30 bits per heavy atom. The molecule has 1 nitrogen and oxygen atoms in total. The molecule has 0 spiro atoms. The van der Waals surface area contributed by atoms with Crippen LogP contribution < -0.4 is 0 Å². The lowest BCUT2D eigenvalue weighted by atomic mass is 10.2. The Balaban J connectivity index is 3.17. The molecule has 3 heteroatoms. The van der Waals surface area contributed by atoms with Gasteiger partial charge in [0.25, 0.3) is 0 Å². The standard InChI is InChI=1S/C7H7Cl2N/c1-2-5-6(8)3-10-4-7(5)9/h3-4H,2H2,1H3. The molecule has 0 bridgehead atoms. The highest BCUT2D eigenvalue weighted by molar-refractivity contribution is 6.35. The number of nitrogens with zero attached hydrogens (tertiary/aromatic N) is 1. The summed E-state index contributed by atoms with van der Waals surface area (Å²) in [5.41, 5.74) is 0.971. The van der Waals surface area contributed by atoms with Crippen molar-refractivity contribution in [2.75, 3.05) is 0 Å². The molecule has 0 aromatic carbocycles. The van der Waals surface area contributed by atoms with E-state index in [1.54, 1.807) is 12.4 Å². The molecule has 0 fully saturated rings. The van der Waals surface area contributed by atoms with E-state index in [4.69, 9.17) is 23.2 Å². The van der Waals surface area contributed by atoms with Crippen molar-refractivity contribution >= 4 is 23.2 Å². The van der Waals surface area contributed by atoms with E-state index >= 15 is 0 Å². The first-order chi connectivity index (χ1) is 4.75. The zero-order chi connectivity index (χ0) is 7.56. The maximum absolute atomic E-state index is 5.78. The minimum atomic E-state index is 0.648. The van der Waals surface area contributed by atoms with Crippen molar-refractivity contribution in [3.05, 3.63) is 28.0 Å². The van der Waals surface area contributed by atoms with Gasteiger partial charge in [0, 0.05) is 12.4 Å². The number of pyridine rings is 1. The maximum Gasteiger partial charge on any atom is 0.0636 e. The van der Waals surface area contributed by atoms with Gasteiger partial charge in [-0.25, -0.2) is 0 Å². The van der Waals surface area contributed by atoms with Crippen LogP contribution in [0.1, 0.15) is 12.5 Å². The second-order valence-electron chi connectivity index (χ2n) is 1.94. The molecule has 0 saturated heterocycles. The van der Waals surface area contributed by atoms with Gasteiger partial charge in [-0.2, -0.15) is 0 Å². The molecule has 1 rings (SSSR count). The fourth-order valence-corrected chi connectivity index (χ4v) is 1.41. The monoisotopic (exact) mass is 175 g/mol. The van der Waals surface area contributed by atoms with Crippen molar-refractivity contribution in [3.63, 3.8) is 0 Å². The van der Waals surface area contributed by atoms with Crippen LogP contribution in [0.15, 0.2) is 12.4 Å². The van der Waals surface area contributed by atoms with Crippen molar-refractivity contribution in [2.24, 2.45) is 0 Å². The molecule has 0 atom stereocenters. The molecule has 0 unspecified atom stereocenters. The molecule has 1 aromatic heterocycles. The highest BCUT2D eigenvalue weighted by Gasteiger charge is 2.01. The smallest absolute Gasteiger partial charge is 0.0636 e. The molecule has 0 aliphatic rings. The predicted molar refractivity (Wildman–Crippen MR) is 43.6 cm³/mol. The van der Waals surface area contributed by atoms with Gasteiger partial charge in [0.1, 0.15) is 0 Å². The highest BCUT2D eigenvalue weighted by Crippen LogP contribution is 2.22. The van der Waals surface area contributed by atoms with Gasteiger partial charge in [0.15, 0.2) is 0 Å². The molecule has 1 heterocycles. The summed E-state index contributed by atoms with van der Waals surface area (Å²) < 4.78 is 0. The van der Waals surface area contributed by atoms with Gasteiger partial charge in [-0.15, -0.1) is 0 Å². The quantitative estimate of drug-likeness (QED) is 0.640. The van der Waals surface area contributed by atoms with Crippen LogP contribution in [-0.2, 0) is 6.42 Å². The van der Waals surface area contributed by atoms with Gasteiger partial charge in [0.05, 0.1) is 10.0 Å². The van der Waals surface area contributed by atoms with Crippen LogP contribution >= 0.6 is 23.2 Å². The first-order valence-corrected chi connectivity index (χ1v) is 3.79. The lowest BCUT2D eigenvalue weighted by molar-refractivity contribution is 1.12. The average molecular weight is 176 g/mol. The van der Waals surface area contributed by atoms with Gasteiger partial charge in [-0.3, -0.25) is 4.98 Å². The molecular formula is C7H7Cl2N. The van der Waals surface area contributed by atoms with E-state index in [0.29, 0.717) is 10.0 Å². The SMILES string of the molecule is CCc1c(Cl)cncc1Cl. The Labute approximate surface area is 70.0 Å². The molecule has 0 N–H and O–H groups in total. The van der Waals surface area contributed by atoms with E-state index in [-0.39, 0.29) is 0 Å². The second kappa shape index (κ2) is 3.22. The van der Waals surface area contributed by atoms with Crippen molar-refractivity contribution in [1.82, 2.24) is 4.98 Å². The third-order valence-electron chi connectivity index (χ3n) is 1.31. The number of hydrogen-bond donors (Lipinski definition) is 0. The summed E-state index contributed by atoms with van der Waals surface area (Å²) in [6.07, 6.45) is 4.05. The second-order valence-corrected chi connectivity index (χ2v) is 2.75. The zero-order valence-electron chi connectivity index (χ0n) is 5.56. The Hall–Kier alpha value is -0.270. The average Bonchev–Trinajstić information content (AvgIpc) is 1.88. The van der Waals surface area contributed by atoms with Gasteiger partial charge in [0.2, 0.25) is 0 Å². The van der Waals surface area contributed by atoms with Crippen LogP contribution in [0.2, 0.25) is 10.0 Å². The lowest BCUT2D eigenvalue weighted by Crippen LogP contribution is -1.84. The number of rotatable bonds is 1. The van der Waals surface area contributed by atoms with Crippen LogP contribution in [-0.4, -0.2) is 4.98 Å². The van der Waals surface area contributed by atoms with Gasteiger partial charge in [-0.1, -0.05) is 30.1 Å². The first-order valence-electron chi connectivity index (χ1n) is 3.03. The lowest BCUT2D eigenvalue weighted by Gasteiger charge is -2.00. The first kappa shape index (κ1) is 7.83. The summed E-state index contributed by atoms with van der Waals surface area (Å²) in [5.74, 6) is 0. The van der Waals surface area contributed by atoms with Crippen LogP contribution in [0.3, 0.4) is 0 Å². The topological polar surface area (TPSA) is 12.9 Å². The van der Waals surface area contributed by atoms with E-state index in [0.717, 1.165) is 12.0 Å². The molecular weight excluding hydrogens is 169 g/mol. The van der Waals surface area contributed by atoms with Crippen LogP contribution in [0.4, 0.5) is 0 Å². The third kappa shape index (κ3) is 1.41. The van der Waals surface area contributed by atoms with Crippen molar-refractivity contribution in [3.8, 4) is 0 Å². The number of aromatic nitrogens is 1. The Morgan fingerprint density at radius 2 is 1.80 bits per heavy atom. The van der Waals surface area contributed by atoms with Crippen LogP contribution in [0, 0.1) is 0 Å². The summed E-state index contributed by atoms with van der Waals surface area (Å²) in [4.78, 5) is 3.83. The summed E-state index contributed by atoms with van der Waals surface area (Å²) in [7, 11) is 0. The van der Waals surface area contributed by atoms with E-state index in [2.05, 4.69) is 4.98 Å². The molecule has 0 aliphatic heterocycles. The molecule has 0 saturated carbocycles. The highest BCUT2D eigenvalue weighted by atomic mass is 35.5. The summed E-state index contributed by atoms with van der Waals surface area (Å²) in [6.45, 7) is 2.01. The molecule has 0 aliphatic carbocycles. The Bertz CT molecular complexity index is 215. The van der Waals surface area contributed by atoms with Crippen LogP contribution in [0.25, 0.3) is 0 Å². The Morgan fingerprint density at radius 3 is 2.10 bits per heavy atom. The minimum Gasteiger partial charge on any atom is -0.262 e. The summed E-state index contributed by atoms with van der Waals surface area (Å²) >= 11 is 11.6. The molecule has 10 heavy (non-hydrogen) atoms. The van der Waals surface area contributed by atoms with Crippen molar-refractivity contribution in [2.45, 2.75) is 13.3 Å². The maximum atomic E-state index is 5.78. The molecule has 0 amide bonds. The molecule has 1 aromatic rings. The largest absolute Gasteiger partial charge is 0.262 e. The number of halogens is 2. The van der Waals surface area contributed by atoms with E-state index in [1.807, 2.05) is 6.92 Å². The Kier molecular flexibility index (Phi) is 2.52. The third-order valence-corrected chi connectivity index (χ3v) is 1.96. The van der Waals surface area contributed by atoms with Gasteiger partial charge >= 0.3 is 0 Å². The van der Waals surface area contributed by atoms with E-state index < -0.39 is 0 Å². The zero-order valence-corrected chi connectivity index (χ0v) is 7.08. The fraction of sp³-hybridized carbons (Fsp3) is 0.286. The summed E-state index contributed by atoms with van der Waals surface area (Å²) in [6, 6.07) is 0. The minimum absolute atomic E-state index is 0.648. The number of hydrogen-bond acceptors (Lipinski definition) is 1. The normalized spacial score (nSPS) is 9.90. The van der Waals surface area contributed by atoms with Gasteiger partial charge < -0.3 is 0 Å². The van der Waals surface area contributed by atoms with Crippen LogP contribution in [0.5, 0.6) is 0 Å². The summed E-state index contributed by atoms with van der Waals surface area (Å²) in [5, 5.41) is 1.30. The molecule has 54 valence electrons.